The average molecular weight is 288 g/mol. The summed E-state index contributed by atoms with van der Waals surface area (Å²) in [4.78, 5) is 0. The highest BCUT2D eigenvalue weighted by Crippen LogP contribution is 2.26. The van der Waals surface area contributed by atoms with Crippen molar-refractivity contribution in [1.29, 1.82) is 0 Å². The fourth-order valence-electron chi connectivity index (χ4n) is 2.93. The molecule has 2 nitrogen and oxygen atoms in total. The normalized spacial score (nSPS) is 18.8. The lowest BCUT2D eigenvalue weighted by Crippen LogP contribution is -2.35. The minimum absolute atomic E-state index is 0.00835. The molecule has 3 heteroatoms. The standard InChI is InChI=1S/C17H18ClNO/c18-15-7-6-13-9-16(10-14(13)8-15)19-17(11-20)12-4-2-1-3-5-12/h1-8,16-17,19-20H,9-11H2/t16?,17-/m1/s1. The number of hydrogen-bond donors (Lipinski definition) is 2. The van der Waals surface area contributed by atoms with Crippen LogP contribution in [0.2, 0.25) is 5.02 Å². The lowest BCUT2D eigenvalue weighted by atomic mass is 10.1. The van der Waals surface area contributed by atoms with Crippen molar-refractivity contribution in [1.82, 2.24) is 5.32 Å². The molecule has 0 aliphatic heterocycles. The average Bonchev–Trinajstić information content (AvgIpc) is 2.87. The van der Waals surface area contributed by atoms with Gasteiger partial charge in [0.1, 0.15) is 0 Å². The van der Waals surface area contributed by atoms with E-state index in [0.29, 0.717) is 6.04 Å². The summed E-state index contributed by atoms with van der Waals surface area (Å²) >= 11 is 6.04. The predicted octanol–water partition coefficient (Wildman–Crippen LogP) is 3.13. The van der Waals surface area contributed by atoms with Gasteiger partial charge >= 0.3 is 0 Å². The zero-order valence-corrected chi connectivity index (χ0v) is 12.0. The molecule has 20 heavy (non-hydrogen) atoms. The zero-order valence-electron chi connectivity index (χ0n) is 11.2. The number of halogens is 1. The first-order chi connectivity index (χ1) is 9.76. The van der Waals surface area contributed by atoms with E-state index in [2.05, 4.69) is 17.4 Å². The number of nitrogens with one attached hydrogen (secondary N) is 1. The summed E-state index contributed by atoms with van der Waals surface area (Å²) in [7, 11) is 0. The SMILES string of the molecule is OC[C@@H](NC1Cc2ccc(Cl)cc2C1)c1ccccc1. The molecule has 2 aromatic carbocycles. The highest BCUT2D eigenvalue weighted by Gasteiger charge is 2.24. The number of benzene rings is 2. The summed E-state index contributed by atoms with van der Waals surface area (Å²) in [5, 5.41) is 14.0. The van der Waals surface area contributed by atoms with Gasteiger partial charge in [0, 0.05) is 11.1 Å². The van der Waals surface area contributed by atoms with E-state index < -0.39 is 0 Å². The van der Waals surface area contributed by atoms with Crippen LogP contribution in [0.1, 0.15) is 22.7 Å². The van der Waals surface area contributed by atoms with Gasteiger partial charge in [0.15, 0.2) is 0 Å². The van der Waals surface area contributed by atoms with Crippen molar-refractivity contribution < 1.29 is 5.11 Å². The Morgan fingerprint density at radius 2 is 1.85 bits per heavy atom. The topological polar surface area (TPSA) is 32.3 Å². The van der Waals surface area contributed by atoms with Gasteiger partial charge in [0.2, 0.25) is 0 Å². The Hall–Kier alpha value is -1.35. The van der Waals surface area contributed by atoms with Crippen LogP contribution in [0.15, 0.2) is 48.5 Å². The molecule has 0 radical (unpaired) electrons. The van der Waals surface area contributed by atoms with Gasteiger partial charge in [-0.25, -0.2) is 0 Å². The summed E-state index contributed by atoms with van der Waals surface area (Å²) in [6.07, 6.45) is 1.97. The highest BCUT2D eigenvalue weighted by molar-refractivity contribution is 6.30. The summed E-state index contributed by atoms with van der Waals surface area (Å²) < 4.78 is 0. The van der Waals surface area contributed by atoms with Crippen molar-refractivity contribution in [2.45, 2.75) is 24.9 Å². The molecule has 1 aliphatic carbocycles. The van der Waals surface area contributed by atoms with Gasteiger partial charge in [-0.3, -0.25) is 0 Å². The molecule has 0 spiro atoms. The van der Waals surface area contributed by atoms with Gasteiger partial charge in [-0.15, -0.1) is 0 Å². The van der Waals surface area contributed by atoms with E-state index in [1.165, 1.54) is 11.1 Å². The first kappa shape index (κ1) is 13.6. The fraction of sp³-hybridized carbons (Fsp3) is 0.294. The molecular formula is C17H18ClNO. The minimum atomic E-state index is -0.00835. The van der Waals surface area contributed by atoms with Crippen molar-refractivity contribution in [3.8, 4) is 0 Å². The van der Waals surface area contributed by atoms with Gasteiger partial charge < -0.3 is 10.4 Å². The van der Waals surface area contributed by atoms with Gasteiger partial charge in [-0.1, -0.05) is 48.0 Å². The molecule has 3 rings (SSSR count). The molecule has 1 aliphatic rings. The van der Waals surface area contributed by atoms with E-state index in [1.54, 1.807) is 0 Å². The summed E-state index contributed by atoms with van der Waals surface area (Å²) in [6, 6.07) is 16.6. The van der Waals surface area contributed by atoms with Crippen LogP contribution >= 0.6 is 11.6 Å². The number of aliphatic hydroxyl groups excluding tert-OH is 1. The van der Waals surface area contributed by atoms with Crippen LogP contribution in [0.4, 0.5) is 0 Å². The Balaban J connectivity index is 1.70. The molecule has 0 amide bonds. The van der Waals surface area contributed by atoms with Crippen LogP contribution in [0.3, 0.4) is 0 Å². The molecular weight excluding hydrogens is 270 g/mol. The second-order valence-corrected chi connectivity index (χ2v) is 5.77. The molecule has 2 N–H and O–H groups in total. The van der Waals surface area contributed by atoms with E-state index >= 15 is 0 Å². The number of hydrogen-bond acceptors (Lipinski definition) is 2. The number of rotatable bonds is 4. The van der Waals surface area contributed by atoms with Crippen LogP contribution in [0.25, 0.3) is 0 Å². The van der Waals surface area contributed by atoms with Crippen LogP contribution in [0.5, 0.6) is 0 Å². The second kappa shape index (κ2) is 5.96. The summed E-state index contributed by atoms with van der Waals surface area (Å²) in [5.74, 6) is 0. The second-order valence-electron chi connectivity index (χ2n) is 5.33. The molecule has 0 saturated heterocycles. The molecule has 0 bridgehead atoms. The third-order valence-corrected chi connectivity index (χ3v) is 4.16. The third kappa shape index (κ3) is 2.88. The Bertz CT molecular complexity index is 585. The monoisotopic (exact) mass is 287 g/mol. The van der Waals surface area contributed by atoms with Crippen molar-refractivity contribution in [2.75, 3.05) is 6.61 Å². The summed E-state index contributed by atoms with van der Waals surface area (Å²) in [5.41, 5.74) is 3.81. The van der Waals surface area contributed by atoms with E-state index in [-0.39, 0.29) is 12.6 Å². The predicted molar refractivity (Wildman–Crippen MR) is 82.1 cm³/mol. The van der Waals surface area contributed by atoms with Gasteiger partial charge in [0.05, 0.1) is 12.6 Å². The van der Waals surface area contributed by atoms with Crippen molar-refractivity contribution in [2.24, 2.45) is 0 Å². The van der Waals surface area contributed by atoms with Gasteiger partial charge in [-0.2, -0.15) is 0 Å². The molecule has 0 saturated carbocycles. The van der Waals surface area contributed by atoms with Crippen molar-refractivity contribution in [3.63, 3.8) is 0 Å². The Morgan fingerprint density at radius 3 is 2.60 bits per heavy atom. The molecule has 0 heterocycles. The molecule has 2 aromatic rings. The van der Waals surface area contributed by atoms with Crippen molar-refractivity contribution in [3.05, 3.63) is 70.2 Å². The van der Waals surface area contributed by atoms with Gasteiger partial charge in [0.25, 0.3) is 0 Å². The largest absolute Gasteiger partial charge is 0.394 e. The van der Waals surface area contributed by atoms with Crippen LogP contribution < -0.4 is 5.32 Å². The van der Waals surface area contributed by atoms with E-state index in [9.17, 15) is 5.11 Å². The maximum absolute atomic E-state index is 9.62. The smallest absolute Gasteiger partial charge is 0.0626 e. The zero-order chi connectivity index (χ0) is 13.9. The van der Waals surface area contributed by atoms with Crippen LogP contribution in [-0.4, -0.2) is 17.8 Å². The minimum Gasteiger partial charge on any atom is -0.394 e. The van der Waals surface area contributed by atoms with E-state index in [0.717, 1.165) is 23.4 Å². The lowest BCUT2D eigenvalue weighted by molar-refractivity contribution is 0.233. The maximum atomic E-state index is 9.62. The Morgan fingerprint density at radius 1 is 1.10 bits per heavy atom. The fourth-order valence-corrected chi connectivity index (χ4v) is 3.12. The van der Waals surface area contributed by atoms with E-state index in [1.807, 2.05) is 36.4 Å². The first-order valence-corrected chi connectivity index (χ1v) is 7.33. The first-order valence-electron chi connectivity index (χ1n) is 6.95. The Labute approximate surface area is 124 Å². The highest BCUT2D eigenvalue weighted by atomic mass is 35.5. The summed E-state index contributed by atoms with van der Waals surface area (Å²) in [6.45, 7) is 0.109. The molecule has 0 fully saturated rings. The van der Waals surface area contributed by atoms with Crippen LogP contribution in [-0.2, 0) is 12.8 Å². The molecule has 0 aromatic heterocycles. The number of fused-ring (bicyclic) bond motifs is 1. The molecule has 1 unspecified atom stereocenters. The van der Waals surface area contributed by atoms with E-state index in [4.69, 9.17) is 11.6 Å². The number of aliphatic hydroxyl groups is 1. The molecule has 2 atom stereocenters. The Kier molecular flexibility index (Phi) is 4.06. The molecule has 104 valence electrons. The maximum Gasteiger partial charge on any atom is 0.0626 e. The lowest BCUT2D eigenvalue weighted by Gasteiger charge is -2.21. The third-order valence-electron chi connectivity index (χ3n) is 3.92. The quantitative estimate of drug-likeness (QED) is 0.905. The van der Waals surface area contributed by atoms with Crippen LogP contribution in [0, 0.1) is 0 Å². The van der Waals surface area contributed by atoms with Gasteiger partial charge in [-0.05, 0) is 41.7 Å². The van der Waals surface area contributed by atoms with Crippen molar-refractivity contribution >= 4 is 11.6 Å².